The van der Waals surface area contributed by atoms with Gasteiger partial charge < -0.3 is 9.84 Å². The molecule has 82 valence electrons. The summed E-state index contributed by atoms with van der Waals surface area (Å²) in [5.74, 6) is 1.41. The molecule has 1 heterocycles. The maximum Gasteiger partial charge on any atom is 0.128 e. The maximum atomic E-state index is 9.86. The van der Waals surface area contributed by atoms with Gasteiger partial charge in [-0.15, -0.1) is 0 Å². The highest BCUT2D eigenvalue weighted by Gasteiger charge is 2.22. The Morgan fingerprint density at radius 2 is 2.33 bits per heavy atom. The van der Waals surface area contributed by atoms with Crippen LogP contribution in [0.2, 0.25) is 0 Å². The minimum Gasteiger partial charge on any atom is -0.493 e. The topological polar surface area (TPSA) is 29.5 Å². The van der Waals surface area contributed by atoms with Crippen molar-refractivity contribution in [2.24, 2.45) is 0 Å². The molecule has 1 unspecified atom stereocenters. The first-order valence-electron chi connectivity index (χ1n) is 5.67. The lowest BCUT2D eigenvalue weighted by Crippen LogP contribution is -2.15. The molecule has 2 heteroatoms. The fraction of sp³-hybridized carbons (Fsp3) is 0.538. The van der Waals surface area contributed by atoms with Crippen LogP contribution >= 0.6 is 0 Å². The molecule has 1 aromatic carbocycles. The molecule has 1 aliphatic heterocycles. The lowest BCUT2D eigenvalue weighted by molar-refractivity contribution is 0.114. The van der Waals surface area contributed by atoms with Crippen LogP contribution in [0.4, 0.5) is 0 Å². The first kappa shape index (κ1) is 10.5. The van der Waals surface area contributed by atoms with E-state index in [1.165, 1.54) is 5.56 Å². The van der Waals surface area contributed by atoms with Gasteiger partial charge in [-0.3, -0.25) is 0 Å². The third-order valence-corrected chi connectivity index (χ3v) is 3.22. The normalized spacial score (nSPS) is 21.7. The molecule has 0 bridgehead atoms. The van der Waals surface area contributed by atoms with Gasteiger partial charge in [0.1, 0.15) is 5.75 Å². The molecule has 2 nitrogen and oxygen atoms in total. The highest BCUT2D eigenvalue weighted by Crippen LogP contribution is 2.38. The lowest BCUT2D eigenvalue weighted by Gasteiger charge is -2.26. The summed E-state index contributed by atoms with van der Waals surface area (Å²) in [5, 5.41) is 9.86. The molecule has 0 fully saturated rings. The van der Waals surface area contributed by atoms with Gasteiger partial charge in [0.2, 0.25) is 0 Å². The standard InChI is InChI=1S/C13H18O2/c1-3-9(2)10-5-4-6-11-12(14)7-8-15-13(10)11/h4-6,9,12,14H,3,7-8H2,1-2H3/t9?,12-/m0/s1. The Labute approximate surface area is 90.9 Å². The number of ether oxygens (including phenoxy) is 1. The highest BCUT2D eigenvalue weighted by atomic mass is 16.5. The zero-order valence-corrected chi connectivity index (χ0v) is 9.36. The molecule has 1 aliphatic rings. The SMILES string of the molecule is CCC(C)c1cccc2c1OCC[C@@H]2O. The molecule has 0 saturated carbocycles. The number of rotatable bonds is 2. The van der Waals surface area contributed by atoms with Crippen LogP contribution < -0.4 is 4.74 Å². The van der Waals surface area contributed by atoms with E-state index in [0.717, 1.165) is 17.7 Å². The predicted molar refractivity (Wildman–Crippen MR) is 60.2 cm³/mol. The molecule has 0 aliphatic carbocycles. The Morgan fingerprint density at radius 3 is 3.07 bits per heavy atom. The average Bonchev–Trinajstić information content (AvgIpc) is 2.28. The van der Waals surface area contributed by atoms with Gasteiger partial charge in [0, 0.05) is 12.0 Å². The monoisotopic (exact) mass is 206 g/mol. The van der Waals surface area contributed by atoms with E-state index < -0.39 is 0 Å². The van der Waals surface area contributed by atoms with E-state index in [4.69, 9.17) is 4.74 Å². The molecule has 2 atom stereocenters. The van der Waals surface area contributed by atoms with E-state index in [1.54, 1.807) is 0 Å². The summed E-state index contributed by atoms with van der Waals surface area (Å²) in [7, 11) is 0. The van der Waals surface area contributed by atoms with Crippen molar-refractivity contribution in [1.82, 2.24) is 0 Å². The third kappa shape index (κ3) is 1.86. The van der Waals surface area contributed by atoms with Crippen molar-refractivity contribution in [3.63, 3.8) is 0 Å². The van der Waals surface area contributed by atoms with Gasteiger partial charge in [0.25, 0.3) is 0 Å². The van der Waals surface area contributed by atoms with E-state index in [9.17, 15) is 5.11 Å². The summed E-state index contributed by atoms with van der Waals surface area (Å²) in [6.45, 7) is 4.99. The van der Waals surface area contributed by atoms with Gasteiger partial charge in [0.05, 0.1) is 12.7 Å². The summed E-state index contributed by atoms with van der Waals surface area (Å²) in [5.41, 5.74) is 2.19. The number of aliphatic hydroxyl groups excluding tert-OH is 1. The van der Waals surface area contributed by atoms with Crippen LogP contribution in [0.15, 0.2) is 18.2 Å². The quantitative estimate of drug-likeness (QED) is 0.806. The number of hydrogen-bond donors (Lipinski definition) is 1. The first-order chi connectivity index (χ1) is 7.24. The molecule has 1 aromatic rings. The highest BCUT2D eigenvalue weighted by molar-refractivity contribution is 5.45. The number of para-hydroxylation sites is 1. The second-order valence-electron chi connectivity index (χ2n) is 4.23. The van der Waals surface area contributed by atoms with Gasteiger partial charge in [-0.1, -0.05) is 32.0 Å². The number of benzene rings is 1. The van der Waals surface area contributed by atoms with Crippen molar-refractivity contribution in [2.75, 3.05) is 6.61 Å². The van der Waals surface area contributed by atoms with Crippen molar-refractivity contribution in [2.45, 2.75) is 38.7 Å². The number of hydrogen-bond acceptors (Lipinski definition) is 2. The van der Waals surface area contributed by atoms with Crippen LogP contribution in [-0.4, -0.2) is 11.7 Å². The van der Waals surface area contributed by atoms with Crippen LogP contribution in [0.3, 0.4) is 0 Å². The fourth-order valence-electron chi connectivity index (χ4n) is 2.04. The largest absolute Gasteiger partial charge is 0.493 e. The third-order valence-electron chi connectivity index (χ3n) is 3.22. The van der Waals surface area contributed by atoms with E-state index in [2.05, 4.69) is 19.9 Å². The van der Waals surface area contributed by atoms with Crippen LogP contribution in [-0.2, 0) is 0 Å². The molecule has 0 radical (unpaired) electrons. The van der Waals surface area contributed by atoms with Gasteiger partial charge in [0.15, 0.2) is 0 Å². The second-order valence-corrected chi connectivity index (χ2v) is 4.23. The van der Waals surface area contributed by atoms with E-state index in [-0.39, 0.29) is 6.10 Å². The molecule has 2 rings (SSSR count). The molecular formula is C13H18O2. The lowest BCUT2D eigenvalue weighted by atomic mass is 9.92. The molecule has 0 amide bonds. The average molecular weight is 206 g/mol. The van der Waals surface area contributed by atoms with Crippen molar-refractivity contribution in [3.8, 4) is 5.75 Å². The Kier molecular flexibility index (Phi) is 2.96. The van der Waals surface area contributed by atoms with Crippen LogP contribution in [0.1, 0.15) is 49.8 Å². The van der Waals surface area contributed by atoms with Gasteiger partial charge in [-0.2, -0.15) is 0 Å². The predicted octanol–water partition coefficient (Wildman–Crippen LogP) is 3.02. The van der Waals surface area contributed by atoms with Crippen LogP contribution in [0.5, 0.6) is 5.75 Å². The van der Waals surface area contributed by atoms with E-state index in [1.807, 2.05) is 12.1 Å². The molecule has 15 heavy (non-hydrogen) atoms. The molecular weight excluding hydrogens is 188 g/mol. The molecule has 1 N–H and O–H groups in total. The Balaban J connectivity index is 2.44. The van der Waals surface area contributed by atoms with Gasteiger partial charge in [-0.25, -0.2) is 0 Å². The van der Waals surface area contributed by atoms with E-state index >= 15 is 0 Å². The van der Waals surface area contributed by atoms with E-state index in [0.29, 0.717) is 18.9 Å². The summed E-state index contributed by atoms with van der Waals surface area (Å²) >= 11 is 0. The van der Waals surface area contributed by atoms with Crippen LogP contribution in [0.25, 0.3) is 0 Å². The molecule has 0 saturated heterocycles. The minimum atomic E-state index is -0.349. The van der Waals surface area contributed by atoms with Crippen molar-refractivity contribution >= 4 is 0 Å². The zero-order valence-electron chi connectivity index (χ0n) is 9.36. The van der Waals surface area contributed by atoms with Gasteiger partial charge >= 0.3 is 0 Å². The Bertz CT molecular complexity index is 346. The number of aliphatic hydroxyl groups is 1. The Hall–Kier alpha value is -1.02. The van der Waals surface area contributed by atoms with Crippen LogP contribution in [0, 0.1) is 0 Å². The van der Waals surface area contributed by atoms with Crippen molar-refractivity contribution in [3.05, 3.63) is 29.3 Å². The first-order valence-corrected chi connectivity index (χ1v) is 5.67. The maximum absolute atomic E-state index is 9.86. The van der Waals surface area contributed by atoms with Gasteiger partial charge in [-0.05, 0) is 17.9 Å². The summed E-state index contributed by atoms with van der Waals surface area (Å²) in [4.78, 5) is 0. The zero-order chi connectivity index (χ0) is 10.8. The number of fused-ring (bicyclic) bond motifs is 1. The molecule has 0 spiro atoms. The van der Waals surface area contributed by atoms with Crippen molar-refractivity contribution < 1.29 is 9.84 Å². The fourth-order valence-corrected chi connectivity index (χ4v) is 2.04. The summed E-state index contributed by atoms with van der Waals surface area (Å²) in [6.07, 6.45) is 1.45. The summed E-state index contributed by atoms with van der Waals surface area (Å²) < 4.78 is 5.69. The minimum absolute atomic E-state index is 0.349. The molecule has 0 aromatic heterocycles. The second kappa shape index (κ2) is 4.23. The van der Waals surface area contributed by atoms with Crippen molar-refractivity contribution in [1.29, 1.82) is 0 Å². The smallest absolute Gasteiger partial charge is 0.128 e. The Morgan fingerprint density at radius 1 is 1.53 bits per heavy atom. The summed E-state index contributed by atoms with van der Waals surface area (Å²) in [6, 6.07) is 6.08.